The van der Waals surface area contributed by atoms with Crippen molar-refractivity contribution in [3.63, 3.8) is 0 Å². The van der Waals surface area contributed by atoms with Gasteiger partial charge in [-0.2, -0.15) is 29.6 Å². The van der Waals surface area contributed by atoms with Crippen molar-refractivity contribution in [2.45, 2.75) is 26.2 Å². The molecule has 2 aromatic heterocycles. The Hall–Kier alpha value is -1.30. The van der Waals surface area contributed by atoms with Crippen molar-refractivity contribution in [3.8, 4) is 0 Å². The average molecular weight is 487 g/mol. The largest absolute Gasteiger partial charge is 0.435 e. The topological polar surface area (TPSA) is 45.5 Å². The van der Waals surface area contributed by atoms with E-state index in [1.54, 1.807) is 11.3 Å². The second-order valence-corrected chi connectivity index (χ2v) is 6.11. The molecule has 5 nitrogen and oxygen atoms in total. The van der Waals surface area contributed by atoms with Crippen LogP contribution in [0.25, 0.3) is 0 Å². The lowest BCUT2D eigenvalue weighted by molar-refractivity contribution is -0.142. The first-order valence-electron chi connectivity index (χ1n) is 7.41. The summed E-state index contributed by atoms with van der Waals surface area (Å²) < 4.78 is 40.1. The van der Waals surface area contributed by atoms with Crippen molar-refractivity contribution < 1.29 is 13.2 Å². The lowest BCUT2D eigenvalue weighted by Gasteiger charge is -2.21. The van der Waals surface area contributed by atoms with Crippen molar-refractivity contribution in [2.75, 3.05) is 13.6 Å². The van der Waals surface area contributed by atoms with Crippen LogP contribution in [0.5, 0.6) is 0 Å². The second kappa shape index (κ2) is 9.41. The first-order valence-corrected chi connectivity index (χ1v) is 8.35. The van der Waals surface area contributed by atoms with Gasteiger partial charge in [-0.05, 0) is 29.3 Å². The Morgan fingerprint density at radius 1 is 1.44 bits per heavy atom. The molecule has 1 N–H and O–H groups in total. The molecule has 0 fully saturated rings. The van der Waals surface area contributed by atoms with Gasteiger partial charge in [0.25, 0.3) is 0 Å². The fourth-order valence-electron chi connectivity index (χ4n) is 2.25. The Balaban J connectivity index is 0.00000312. The number of aliphatic imine (C=N–C) groups is 1. The third-order valence-electron chi connectivity index (χ3n) is 3.27. The number of aromatic nitrogens is 2. The van der Waals surface area contributed by atoms with Crippen LogP contribution in [0.15, 0.2) is 28.0 Å². The van der Waals surface area contributed by atoms with Gasteiger partial charge < -0.3 is 10.2 Å². The van der Waals surface area contributed by atoms with E-state index >= 15 is 0 Å². The van der Waals surface area contributed by atoms with E-state index in [4.69, 9.17) is 0 Å². The molecule has 0 saturated carbocycles. The van der Waals surface area contributed by atoms with Crippen LogP contribution in [0.4, 0.5) is 13.2 Å². The fraction of sp³-hybridized carbons (Fsp3) is 0.467. The molecule has 2 aromatic rings. The first-order chi connectivity index (χ1) is 11.3. The van der Waals surface area contributed by atoms with E-state index in [9.17, 15) is 13.2 Å². The van der Waals surface area contributed by atoms with Crippen LogP contribution in [0.3, 0.4) is 0 Å². The first kappa shape index (κ1) is 21.7. The number of rotatable bonds is 5. The van der Waals surface area contributed by atoms with Crippen LogP contribution in [0, 0.1) is 0 Å². The van der Waals surface area contributed by atoms with Gasteiger partial charge in [0.1, 0.15) is 0 Å². The van der Waals surface area contributed by atoms with Gasteiger partial charge in [0.15, 0.2) is 11.7 Å². The molecule has 0 aliphatic heterocycles. The highest BCUT2D eigenvalue weighted by Crippen LogP contribution is 2.30. The molecule has 0 spiro atoms. The number of guanidine groups is 1. The molecule has 10 heteroatoms. The standard InChI is InChI=1S/C15H20F3N5S.HI/c1-4-19-14(22(2)8-11-5-6-24-10-11)20-7-12-9-23(3)21-13(12)15(16,17)18;/h5-6,9-10H,4,7-8H2,1-3H3,(H,19,20);1H. The summed E-state index contributed by atoms with van der Waals surface area (Å²) in [5.74, 6) is 0.556. The predicted molar refractivity (Wildman–Crippen MR) is 104 cm³/mol. The fourth-order valence-corrected chi connectivity index (χ4v) is 2.91. The van der Waals surface area contributed by atoms with Crippen molar-refractivity contribution in [1.29, 1.82) is 0 Å². The molecule has 0 unspecified atom stereocenters. The zero-order chi connectivity index (χ0) is 17.7. The minimum Gasteiger partial charge on any atom is -0.357 e. The Morgan fingerprint density at radius 3 is 2.72 bits per heavy atom. The number of alkyl halides is 3. The summed E-state index contributed by atoms with van der Waals surface area (Å²) in [6, 6.07) is 2.01. The van der Waals surface area contributed by atoms with Gasteiger partial charge in [0.05, 0.1) is 6.54 Å². The number of halogens is 4. The molecule has 2 heterocycles. The van der Waals surface area contributed by atoms with E-state index in [0.29, 0.717) is 19.0 Å². The van der Waals surface area contributed by atoms with Crippen LogP contribution in [0.2, 0.25) is 0 Å². The SMILES string of the molecule is CCNC(=NCc1cn(C)nc1C(F)(F)F)N(C)Cc1ccsc1.I. The molecule has 0 aliphatic rings. The molecule has 0 atom stereocenters. The highest BCUT2D eigenvalue weighted by atomic mass is 127. The Morgan fingerprint density at radius 2 is 2.16 bits per heavy atom. The molecule has 0 bridgehead atoms. The average Bonchev–Trinajstić information content (AvgIpc) is 3.12. The molecule has 0 saturated heterocycles. The molecule has 25 heavy (non-hydrogen) atoms. The van der Waals surface area contributed by atoms with Crippen molar-refractivity contribution in [2.24, 2.45) is 12.0 Å². The van der Waals surface area contributed by atoms with Crippen LogP contribution < -0.4 is 5.32 Å². The molecule has 0 aromatic carbocycles. The van der Waals surface area contributed by atoms with E-state index in [1.165, 1.54) is 13.2 Å². The van der Waals surface area contributed by atoms with Crippen LogP contribution in [0.1, 0.15) is 23.7 Å². The minimum absolute atomic E-state index is 0. The lowest BCUT2D eigenvalue weighted by atomic mass is 10.2. The van der Waals surface area contributed by atoms with Crippen LogP contribution in [-0.2, 0) is 26.3 Å². The molecule has 0 amide bonds. The third kappa shape index (κ3) is 6.17. The third-order valence-corrected chi connectivity index (χ3v) is 4.00. The van der Waals surface area contributed by atoms with Crippen LogP contribution in [-0.4, -0.2) is 34.2 Å². The number of hydrogen-bond donors (Lipinski definition) is 1. The van der Waals surface area contributed by atoms with E-state index < -0.39 is 11.9 Å². The van der Waals surface area contributed by atoms with Crippen molar-refractivity contribution in [3.05, 3.63) is 39.8 Å². The van der Waals surface area contributed by atoms with Gasteiger partial charge in [0, 0.05) is 38.9 Å². The van der Waals surface area contributed by atoms with E-state index in [1.807, 2.05) is 35.7 Å². The van der Waals surface area contributed by atoms with E-state index in [2.05, 4.69) is 15.4 Å². The quantitative estimate of drug-likeness (QED) is 0.398. The van der Waals surface area contributed by atoms with Gasteiger partial charge in [-0.3, -0.25) is 4.68 Å². The van der Waals surface area contributed by atoms with Crippen LogP contribution >= 0.6 is 35.3 Å². The summed E-state index contributed by atoms with van der Waals surface area (Å²) in [6.45, 7) is 3.10. The van der Waals surface area contributed by atoms with Gasteiger partial charge in [-0.15, -0.1) is 24.0 Å². The maximum atomic E-state index is 13.0. The molecule has 0 aliphatic carbocycles. The number of nitrogens with one attached hydrogen (secondary N) is 1. The van der Waals surface area contributed by atoms with Gasteiger partial charge >= 0.3 is 6.18 Å². The Kier molecular flexibility index (Phi) is 8.19. The summed E-state index contributed by atoms with van der Waals surface area (Å²) in [4.78, 5) is 6.22. The van der Waals surface area contributed by atoms with E-state index in [0.717, 1.165) is 10.2 Å². The number of thiophene rings is 1. The lowest BCUT2D eigenvalue weighted by Crippen LogP contribution is -2.38. The molecule has 2 rings (SSSR count). The second-order valence-electron chi connectivity index (χ2n) is 5.33. The molecule has 0 radical (unpaired) electrons. The number of nitrogens with zero attached hydrogens (tertiary/aromatic N) is 4. The normalized spacial score (nSPS) is 12.0. The summed E-state index contributed by atoms with van der Waals surface area (Å²) in [5.41, 5.74) is 0.305. The maximum absolute atomic E-state index is 13.0. The van der Waals surface area contributed by atoms with Gasteiger partial charge in [0.2, 0.25) is 0 Å². The zero-order valence-electron chi connectivity index (χ0n) is 14.2. The highest BCUT2D eigenvalue weighted by Gasteiger charge is 2.36. The van der Waals surface area contributed by atoms with Crippen molar-refractivity contribution in [1.82, 2.24) is 20.0 Å². The zero-order valence-corrected chi connectivity index (χ0v) is 17.3. The molecular weight excluding hydrogens is 466 g/mol. The Labute approximate surface area is 166 Å². The number of hydrogen-bond acceptors (Lipinski definition) is 3. The summed E-state index contributed by atoms with van der Waals surface area (Å²) in [5, 5.41) is 10.6. The highest BCUT2D eigenvalue weighted by molar-refractivity contribution is 14.0. The summed E-state index contributed by atoms with van der Waals surface area (Å²) >= 11 is 1.60. The Bertz CT molecular complexity index is 682. The minimum atomic E-state index is -4.48. The molecule has 140 valence electrons. The van der Waals surface area contributed by atoms with E-state index in [-0.39, 0.29) is 36.1 Å². The monoisotopic (exact) mass is 487 g/mol. The summed E-state index contributed by atoms with van der Waals surface area (Å²) in [6.07, 6.45) is -3.12. The number of aryl methyl sites for hydroxylation is 1. The van der Waals surface area contributed by atoms with Gasteiger partial charge in [-0.1, -0.05) is 0 Å². The smallest absolute Gasteiger partial charge is 0.357 e. The predicted octanol–water partition coefficient (Wildman–Crippen LogP) is 3.72. The maximum Gasteiger partial charge on any atom is 0.435 e. The van der Waals surface area contributed by atoms with Gasteiger partial charge in [-0.25, -0.2) is 4.99 Å². The molecular formula is C15H21F3IN5S. The summed E-state index contributed by atoms with van der Waals surface area (Å²) in [7, 11) is 3.32. The van der Waals surface area contributed by atoms with Crippen molar-refractivity contribution >= 4 is 41.3 Å².